The first-order valence-electron chi connectivity index (χ1n) is 7.44. The number of rotatable bonds is 5. The molecule has 19 heavy (non-hydrogen) atoms. The van der Waals surface area contributed by atoms with Crippen LogP contribution in [0.4, 0.5) is 0 Å². The third kappa shape index (κ3) is 3.56. The predicted octanol–water partition coefficient (Wildman–Crippen LogP) is 3.19. The van der Waals surface area contributed by atoms with Gasteiger partial charge >= 0.3 is 0 Å². The van der Waals surface area contributed by atoms with E-state index >= 15 is 0 Å². The molecule has 2 unspecified atom stereocenters. The van der Waals surface area contributed by atoms with Gasteiger partial charge in [-0.2, -0.15) is 0 Å². The van der Waals surface area contributed by atoms with Gasteiger partial charge in [0.2, 0.25) is 0 Å². The van der Waals surface area contributed by atoms with Crippen molar-refractivity contribution in [2.45, 2.75) is 53.0 Å². The molecule has 1 aromatic heterocycles. The first kappa shape index (κ1) is 14.9. The van der Waals surface area contributed by atoms with Crippen molar-refractivity contribution in [1.82, 2.24) is 15.6 Å². The van der Waals surface area contributed by atoms with Crippen LogP contribution in [0, 0.1) is 19.3 Å². The average Bonchev–Trinajstić information content (AvgIpc) is 2.76. The molecule has 1 aliphatic rings. The van der Waals surface area contributed by atoms with E-state index in [0.717, 1.165) is 13.1 Å². The number of hydrogen-bond acceptors (Lipinski definition) is 4. The van der Waals surface area contributed by atoms with E-state index in [0.29, 0.717) is 11.5 Å². The lowest BCUT2D eigenvalue weighted by molar-refractivity contribution is 0.187. The second kappa shape index (κ2) is 6.33. The van der Waals surface area contributed by atoms with Crippen LogP contribution in [0.3, 0.4) is 0 Å². The summed E-state index contributed by atoms with van der Waals surface area (Å²) in [6.45, 7) is 12.2. The van der Waals surface area contributed by atoms with Gasteiger partial charge in [0.25, 0.3) is 0 Å². The molecule has 0 bridgehead atoms. The largest absolute Gasteiger partial charge is 0.316 e. The van der Waals surface area contributed by atoms with Crippen LogP contribution in [0.5, 0.6) is 0 Å². The molecule has 2 heterocycles. The minimum Gasteiger partial charge on any atom is -0.316 e. The lowest BCUT2D eigenvalue weighted by Crippen LogP contribution is -2.46. The van der Waals surface area contributed by atoms with Crippen LogP contribution in [0.15, 0.2) is 0 Å². The molecule has 1 aromatic rings. The monoisotopic (exact) mass is 281 g/mol. The molecule has 4 heteroatoms. The summed E-state index contributed by atoms with van der Waals surface area (Å²) in [7, 11) is 0. The summed E-state index contributed by atoms with van der Waals surface area (Å²) in [6.07, 6.45) is 3.90. The summed E-state index contributed by atoms with van der Waals surface area (Å²) in [5.74, 6) is 0. The van der Waals surface area contributed by atoms with Crippen molar-refractivity contribution in [2.75, 3.05) is 19.6 Å². The molecule has 108 valence electrons. The Morgan fingerprint density at radius 3 is 2.79 bits per heavy atom. The highest BCUT2D eigenvalue weighted by atomic mass is 32.1. The topological polar surface area (TPSA) is 37.0 Å². The third-order valence-electron chi connectivity index (χ3n) is 4.43. The van der Waals surface area contributed by atoms with Crippen LogP contribution in [-0.2, 0) is 0 Å². The second-order valence-corrected chi connectivity index (χ2v) is 7.15. The van der Waals surface area contributed by atoms with Crippen molar-refractivity contribution in [2.24, 2.45) is 5.41 Å². The molecule has 0 amide bonds. The molecule has 0 radical (unpaired) electrons. The zero-order valence-corrected chi connectivity index (χ0v) is 13.5. The predicted molar refractivity (Wildman–Crippen MR) is 82.8 cm³/mol. The van der Waals surface area contributed by atoms with Gasteiger partial charge in [0.15, 0.2) is 0 Å². The highest BCUT2D eigenvalue weighted by Gasteiger charge is 2.30. The van der Waals surface area contributed by atoms with Crippen LogP contribution < -0.4 is 10.6 Å². The van der Waals surface area contributed by atoms with Gasteiger partial charge in [-0.05, 0) is 52.0 Å². The number of aromatic nitrogens is 1. The Hall–Kier alpha value is -0.450. The summed E-state index contributed by atoms with van der Waals surface area (Å²) in [6, 6.07) is 0.413. The van der Waals surface area contributed by atoms with E-state index in [2.05, 4.69) is 43.3 Å². The van der Waals surface area contributed by atoms with Crippen molar-refractivity contribution in [3.05, 3.63) is 15.6 Å². The maximum Gasteiger partial charge on any atom is 0.0900 e. The minimum absolute atomic E-state index is 0.413. The maximum absolute atomic E-state index is 4.53. The quantitative estimate of drug-likeness (QED) is 0.870. The normalized spacial score (nSPS) is 25.5. The smallest absolute Gasteiger partial charge is 0.0900 e. The number of nitrogens with zero attached hydrogens (tertiary/aromatic N) is 1. The SMILES string of the molecule is CCC1(CNC(C)c2sc(C)nc2C)CCCNC1. The van der Waals surface area contributed by atoms with Gasteiger partial charge in [0.1, 0.15) is 0 Å². The van der Waals surface area contributed by atoms with Gasteiger partial charge in [0.05, 0.1) is 10.7 Å². The lowest BCUT2D eigenvalue weighted by atomic mass is 9.78. The van der Waals surface area contributed by atoms with Gasteiger partial charge in [-0.1, -0.05) is 6.92 Å². The molecule has 2 N–H and O–H groups in total. The number of thiazole rings is 1. The maximum atomic E-state index is 4.53. The fraction of sp³-hybridized carbons (Fsp3) is 0.800. The van der Waals surface area contributed by atoms with Gasteiger partial charge in [-0.3, -0.25) is 0 Å². The molecule has 0 aliphatic carbocycles. The summed E-state index contributed by atoms with van der Waals surface area (Å²) in [4.78, 5) is 5.93. The third-order valence-corrected chi connectivity index (χ3v) is 5.68. The molecule has 3 nitrogen and oxygen atoms in total. The van der Waals surface area contributed by atoms with Crippen molar-refractivity contribution in [3.8, 4) is 0 Å². The molecular formula is C15H27N3S. The summed E-state index contributed by atoms with van der Waals surface area (Å²) in [5.41, 5.74) is 1.63. The zero-order valence-electron chi connectivity index (χ0n) is 12.7. The van der Waals surface area contributed by atoms with E-state index in [1.165, 1.54) is 41.4 Å². The van der Waals surface area contributed by atoms with E-state index in [1.54, 1.807) is 0 Å². The summed E-state index contributed by atoms with van der Waals surface area (Å²) < 4.78 is 0. The van der Waals surface area contributed by atoms with Gasteiger partial charge in [0, 0.05) is 24.0 Å². The molecule has 0 aromatic carbocycles. The van der Waals surface area contributed by atoms with E-state index in [9.17, 15) is 0 Å². The molecule has 0 spiro atoms. The molecular weight excluding hydrogens is 254 g/mol. The minimum atomic E-state index is 0.413. The van der Waals surface area contributed by atoms with E-state index in [4.69, 9.17) is 0 Å². The fourth-order valence-corrected chi connectivity index (χ4v) is 3.97. The lowest BCUT2D eigenvalue weighted by Gasteiger charge is -2.38. The Kier molecular flexibility index (Phi) is 4.98. The number of hydrogen-bond donors (Lipinski definition) is 2. The second-order valence-electron chi connectivity index (χ2n) is 5.92. The van der Waals surface area contributed by atoms with Gasteiger partial charge in [-0.15, -0.1) is 11.3 Å². The molecule has 2 atom stereocenters. The highest BCUT2D eigenvalue weighted by Crippen LogP contribution is 2.31. The zero-order chi connectivity index (χ0) is 13.9. The first-order chi connectivity index (χ1) is 9.06. The Morgan fingerprint density at radius 2 is 2.26 bits per heavy atom. The molecule has 1 aliphatic heterocycles. The van der Waals surface area contributed by atoms with Crippen LogP contribution in [-0.4, -0.2) is 24.6 Å². The molecule has 1 fully saturated rings. The van der Waals surface area contributed by atoms with Crippen molar-refractivity contribution in [1.29, 1.82) is 0 Å². The van der Waals surface area contributed by atoms with Crippen molar-refractivity contribution < 1.29 is 0 Å². The number of piperidine rings is 1. The van der Waals surface area contributed by atoms with E-state index < -0.39 is 0 Å². The highest BCUT2D eigenvalue weighted by molar-refractivity contribution is 7.11. The van der Waals surface area contributed by atoms with Crippen LogP contribution >= 0.6 is 11.3 Å². The standard InChI is InChI=1S/C15H27N3S/c1-5-15(7-6-8-16-9-15)10-17-11(2)14-12(3)18-13(4)19-14/h11,16-17H,5-10H2,1-4H3. The van der Waals surface area contributed by atoms with Gasteiger partial charge in [-0.25, -0.2) is 4.98 Å². The van der Waals surface area contributed by atoms with Crippen LogP contribution in [0.25, 0.3) is 0 Å². The van der Waals surface area contributed by atoms with Crippen molar-refractivity contribution >= 4 is 11.3 Å². The number of aryl methyl sites for hydroxylation is 2. The van der Waals surface area contributed by atoms with Crippen LogP contribution in [0.1, 0.15) is 54.7 Å². The summed E-state index contributed by atoms with van der Waals surface area (Å²) >= 11 is 1.83. The fourth-order valence-electron chi connectivity index (χ4n) is 3.02. The average molecular weight is 281 g/mol. The molecule has 2 rings (SSSR count). The number of nitrogens with one attached hydrogen (secondary N) is 2. The molecule has 1 saturated heterocycles. The van der Waals surface area contributed by atoms with Crippen molar-refractivity contribution in [3.63, 3.8) is 0 Å². The summed E-state index contributed by atoms with van der Waals surface area (Å²) in [5, 5.41) is 8.47. The Bertz CT molecular complexity index is 408. The van der Waals surface area contributed by atoms with Gasteiger partial charge < -0.3 is 10.6 Å². The van der Waals surface area contributed by atoms with E-state index in [-0.39, 0.29) is 0 Å². The Morgan fingerprint density at radius 1 is 1.47 bits per heavy atom. The first-order valence-corrected chi connectivity index (χ1v) is 8.26. The van der Waals surface area contributed by atoms with E-state index in [1.807, 2.05) is 11.3 Å². The molecule has 0 saturated carbocycles. The Labute approximate surface area is 121 Å². The van der Waals surface area contributed by atoms with Crippen LogP contribution in [0.2, 0.25) is 0 Å². The Balaban J connectivity index is 1.95.